The van der Waals surface area contributed by atoms with Gasteiger partial charge in [-0.25, -0.2) is 9.59 Å². The maximum Gasteiger partial charge on any atom is 0.379 e. The highest BCUT2D eigenvalue weighted by Gasteiger charge is 2.17. The van der Waals surface area contributed by atoms with Crippen molar-refractivity contribution in [3.63, 3.8) is 0 Å². The van der Waals surface area contributed by atoms with Gasteiger partial charge in [0, 0.05) is 24.9 Å². The summed E-state index contributed by atoms with van der Waals surface area (Å²) in [4.78, 5) is 25.8. The van der Waals surface area contributed by atoms with E-state index in [1.807, 2.05) is 6.07 Å². The van der Waals surface area contributed by atoms with E-state index < -0.39 is 11.6 Å². The fourth-order valence-corrected chi connectivity index (χ4v) is 2.44. The predicted octanol–water partition coefficient (Wildman–Crippen LogP) is 4.35. The quantitative estimate of drug-likeness (QED) is 0.471. The molecule has 3 aromatic rings. The molecule has 0 saturated carbocycles. The number of methoxy groups -OCH3 is 1. The standard InChI is InChI=1S/C22H19NO6/c1-23(20-10-6-4-3-5-7-11-21(24)29-20)16-12-13-17(26-2)19(15-16)28-22(25)18-9-8-14-27-18/h3-15H,1-2H3. The van der Waals surface area contributed by atoms with E-state index in [9.17, 15) is 9.59 Å². The minimum Gasteiger partial charge on any atom is -0.493 e. The van der Waals surface area contributed by atoms with Crippen molar-refractivity contribution in [1.82, 2.24) is 0 Å². The van der Waals surface area contributed by atoms with Gasteiger partial charge in [-0.2, -0.15) is 0 Å². The third-order valence-corrected chi connectivity index (χ3v) is 3.91. The number of anilines is 2. The first-order valence-electron chi connectivity index (χ1n) is 8.69. The Morgan fingerprint density at radius 3 is 2.41 bits per heavy atom. The van der Waals surface area contributed by atoms with Gasteiger partial charge in [-0.3, -0.25) is 0 Å². The number of carbonyl (C=O) groups is 1. The van der Waals surface area contributed by atoms with Crippen LogP contribution in [0.5, 0.6) is 11.5 Å². The Bertz CT molecular complexity index is 1090. The van der Waals surface area contributed by atoms with Gasteiger partial charge in [-0.15, -0.1) is 0 Å². The molecule has 0 unspecified atom stereocenters. The second-order valence-electron chi connectivity index (χ2n) is 5.82. The molecule has 0 aliphatic rings. The molecule has 0 saturated heterocycles. The molecule has 0 fully saturated rings. The van der Waals surface area contributed by atoms with Crippen molar-refractivity contribution in [2.45, 2.75) is 0 Å². The van der Waals surface area contributed by atoms with Crippen molar-refractivity contribution in [3.8, 4) is 11.5 Å². The Hall–Kier alpha value is -4.00. The van der Waals surface area contributed by atoms with E-state index in [1.165, 1.54) is 25.5 Å². The van der Waals surface area contributed by atoms with E-state index in [-0.39, 0.29) is 11.5 Å². The van der Waals surface area contributed by atoms with Gasteiger partial charge in [0.15, 0.2) is 11.5 Å². The Kier molecular flexibility index (Phi) is 6.32. The monoisotopic (exact) mass is 393 g/mol. The maximum atomic E-state index is 12.2. The summed E-state index contributed by atoms with van der Waals surface area (Å²) >= 11 is 0. The van der Waals surface area contributed by atoms with Crippen LogP contribution in [-0.4, -0.2) is 20.1 Å². The number of hydrogen-bond donors (Lipinski definition) is 0. The molecule has 0 amide bonds. The van der Waals surface area contributed by atoms with E-state index in [1.54, 1.807) is 66.5 Å². The van der Waals surface area contributed by atoms with Crippen molar-refractivity contribution in [2.24, 2.45) is 0 Å². The Morgan fingerprint density at radius 2 is 1.69 bits per heavy atom. The van der Waals surface area contributed by atoms with E-state index in [2.05, 4.69) is 0 Å². The van der Waals surface area contributed by atoms with Crippen molar-refractivity contribution >= 4 is 17.5 Å². The maximum absolute atomic E-state index is 12.2. The largest absolute Gasteiger partial charge is 0.493 e. The first kappa shape index (κ1) is 19.8. The second-order valence-corrected chi connectivity index (χ2v) is 5.82. The number of furan rings is 1. The summed E-state index contributed by atoms with van der Waals surface area (Å²) in [6.45, 7) is 0. The first-order valence-corrected chi connectivity index (χ1v) is 8.69. The number of esters is 1. The summed E-state index contributed by atoms with van der Waals surface area (Å²) in [5.41, 5.74) is 0.0955. The van der Waals surface area contributed by atoms with E-state index in [4.69, 9.17) is 18.3 Å². The zero-order chi connectivity index (χ0) is 20.6. The molecule has 7 heteroatoms. The number of nitrogens with zero attached hydrogens (tertiary/aromatic N) is 1. The van der Waals surface area contributed by atoms with Crippen molar-refractivity contribution in [2.75, 3.05) is 19.1 Å². The van der Waals surface area contributed by atoms with Crippen LogP contribution in [0.4, 0.5) is 11.6 Å². The summed E-state index contributed by atoms with van der Waals surface area (Å²) in [6, 6.07) is 19.7. The predicted molar refractivity (Wildman–Crippen MR) is 107 cm³/mol. The summed E-state index contributed by atoms with van der Waals surface area (Å²) in [6.07, 6.45) is 1.38. The molecule has 0 bridgehead atoms. The third kappa shape index (κ3) is 5.04. The van der Waals surface area contributed by atoms with E-state index in [0.717, 1.165) is 0 Å². The Balaban J connectivity index is 1.98. The Labute approximate surface area is 167 Å². The highest BCUT2D eigenvalue weighted by molar-refractivity contribution is 5.88. The van der Waals surface area contributed by atoms with Gasteiger partial charge in [0.2, 0.25) is 11.6 Å². The lowest BCUT2D eigenvalue weighted by atomic mass is 10.2. The van der Waals surface area contributed by atoms with E-state index >= 15 is 0 Å². The average molecular weight is 393 g/mol. The zero-order valence-corrected chi connectivity index (χ0v) is 15.9. The second kappa shape index (κ2) is 9.27. The molecule has 7 nitrogen and oxygen atoms in total. The molecule has 1 aromatic carbocycles. The summed E-state index contributed by atoms with van der Waals surface area (Å²) in [5.74, 6) is 0.270. The molecular weight excluding hydrogens is 374 g/mol. The lowest BCUT2D eigenvalue weighted by Gasteiger charge is -2.18. The van der Waals surface area contributed by atoms with Crippen LogP contribution in [0.1, 0.15) is 10.6 Å². The van der Waals surface area contributed by atoms with Crippen molar-refractivity contribution in [1.29, 1.82) is 0 Å². The number of hydrogen-bond acceptors (Lipinski definition) is 7. The van der Waals surface area contributed by atoms with Gasteiger partial charge in [-0.05, 0) is 30.3 Å². The van der Waals surface area contributed by atoms with Crippen LogP contribution < -0.4 is 20.0 Å². The fraction of sp³-hybridized carbons (Fsp3) is 0.0909. The smallest absolute Gasteiger partial charge is 0.379 e. The molecule has 2 heterocycles. The number of benzene rings is 1. The average Bonchev–Trinajstić information content (AvgIpc) is 3.27. The molecule has 3 rings (SSSR count). The molecule has 148 valence electrons. The number of carbonyl (C=O) groups excluding carboxylic acids is 1. The van der Waals surface area contributed by atoms with Crippen molar-refractivity contribution in [3.05, 3.63) is 95.2 Å². The molecule has 0 aliphatic heterocycles. The fourth-order valence-electron chi connectivity index (χ4n) is 2.44. The van der Waals surface area contributed by atoms with Gasteiger partial charge >= 0.3 is 11.6 Å². The molecule has 29 heavy (non-hydrogen) atoms. The van der Waals surface area contributed by atoms with Crippen LogP contribution >= 0.6 is 0 Å². The van der Waals surface area contributed by atoms with Crippen molar-refractivity contribution < 1.29 is 23.1 Å². The minimum absolute atomic E-state index is 0.0692. The van der Waals surface area contributed by atoms with E-state index in [0.29, 0.717) is 17.3 Å². The normalized spacial score (nSPS) is 10.0. The third-order valence-electron chi connectivity index (χ3n) is 3.91. The number of ether oxygens (including phenoxy) is 2. The SMILES string of the molecule is COc1ccc(N(C)c2cccccccc(=O)o2)cc1OC(=O)c1ccco1. The molecule has 0 atom stereocenters. The summed E-state index contributed by atoms with van der Waals surface area (Å²) < 4.78 is 21.2. The molecular formula is C22H19NO6. The van der Waals surface area contributed by atoms with Crippen LogP contribution in [0.15, 0.2) is 92.7 Å². The van der Waals surface area contributed by atoms with Gasteiger partial charge in [0.1, 0.15) is 0 Å². The lowest BCUT2D eigenvalue weighted by Crippen LogP contribution is -2.12. The van der Waals surface area contributed by atoms with Gasteiger partial charge in [-0.1, -0.05) is 30.3 Å². The highest BCUT2D eigenvalue weighted by Crippen LogP contribution is 2.34. The molecule has 0 spiro atoms. The summed E-state index contributed by atoms with van der Waals surface area (Å²) in [5, 5.41) is 0. The lowest BCUT2D eigenvalue weighted by molar-refractivity contribution is 0.0696. The van der Waals surface area contributed by atoms with Gasteiger partial charge < -0.3 is 23.2 Å². The van der Waals surface area contributed by atoms with Crippen LogP contribution in [0, 0.1) is 0 Å². The molecule has 0 N–H and O–H groups in total. The minimum atomic E-state index is -0.655. The number of rotatable bonds is 5. The zero-order valence-electron chi connectivity index (χ0n) is 15.9. The van der Waals surface area contributed by atoms with Gasteiger partial charge in [0.05, 0.1) is 13.4 Å². The highest BCUT2D eigenvalue weighted by atomic mass is 16.6. The topological polar surface area (TPSA) is 82.1 Å². The molecule has 0 aliphatic carbocycles. The summed E-state index contributed by atoms with van der Waals surface area (Å²) in [7, 11) is 3.19. The van der Waals surface area contributed by atoms with Crippen LogP contribution in [-0.2, 0) is 0 Å². The van der Waals surface area contributed by atoms with Gasteiger partial charge in [0.25, 0.3) is 0 Å². The Morgan fingerprint density at radius 1 is 0.931 bits per heavy atom. The van der Waals surface area contributed by atoms with Crippen LogP contribution in [0.25, 0.3) is 0 Å². The van der Waals surface area contributed by atoms with Crippen LogP contribution in [0.3, 0.4) is 0 Å². The van der Waals surface area contributed by atoms with Crippen LogP contribution in [0.2, 0.25) is 0 Å². The molecule has 0 radical (unpaired) electrons. The molecule has 2 aromatic heterocycles. The first-order chi connectivity index (χ1) is 14.1.